The average molecular weight is 429 g/mol. The third-order valence-electron chi connectivity index (χ3n) is 2.10. The van der Waals surface area contributed by atoms with Crippen molar-refractivity contribution in [3.63, 3.8) is 0 Å². The van der Waals surface area contributed by atoms with Crippen LogP contribution in [0.4, 0.5) is 5.69 Å². The molecule has 0 bridgehead atoms. The predicted molar refractivity (Wildman–Crippen MR) is 77.6 cm³/mol. The average Bonchev–Trinajstić information content (AvgIpc) is 2.26. The molecule has 0 N–H and O–H groups in total. The van der Waals surface area contributed by atoms with E-state index < -0.39 is 13.9 Å². The Labute approximate surface area is 116 Å². The molecule has 0 spiro atoms. The van der Waals surface area contributed by atoms with E-state index in [1.165, 1.54) is 11.8 Å². The Morgan fingerprint density at radius 1 is 1.35 bits per heavy atom. The topological polar surface area (TPSA) is 30.8 Å². The molecule has 95 valence electrons. The Kier molecular flexibility index (Phi) is 3.73. The number of aliphatic imine (C=N–C) groups is 1. The Hall–Kier alpha value is 0.500. The normalized spacial score (nSPS) is 22.4. The van der Waals surface area contributed by atoms with Crippen molar-refractivity contribution < 1.29 is 7.84 Å². The summed E-state index contributed by atoms with van der Waals surface area (Å²) in [5.74, 6) is 0.669. The van der Waals surface area contributed by atoms with E-state index in [0.717, 1.165) is 0 Å². The molecule has 1 aromatic rings. The second kappa shape index (κ2) is 4.55. The van der Waals surface area contributed by atoms with Crippen molar-refractivity contribution in [3.8, 4) is 5.75 Å². The zero-order valence-electron chi connectivity index (χ0n) is 8.95. The maximum atomic E-state index is 6.29. The summed E-state index contributed by atoms with van der Waals surface area (Å²) in [7, 11) is 20.5. The number of thioether (sulfide) groups is 1. The van der Waals surface area contributed by atoms with Gasteiger partial charge in [0.05, 0.1) is 0 Å². The fraction of sp³-hybridized carbons (Fsp3) is 0.222. The van der Waals surface area contributed by atoms with Gasteiger partial charge in [-0.15, -0.1) is 0 Å². The standard InChI is InChI=1S/C9H9Cl3NO2STe/c1-14-6-3-4-8-7(5-6)13-9(16-2)15-17(8,10,11)12/h3-5H,1-2H3. The van der Waals surface area contributed by atoms with E-state index in [0.29, 0.717) is 20.3 Å². The summed E-state index contributed by atoms with van der Waals surface area (Å²) in [6, 6.07) is 5.18. The first-order chi connectivity index (χ1) is 7.84. The van der Waals surface area contributed by atoms with Crippen LogP contribution >= 0.6 is 38.7 Å². The number of methoxy groups -OCH3 is 1. The molecule has 1 aliphatic heterocycles. The minimum atomic E-state index is -4.64. The molecule has 0 saturated carbocycles. The molecular formula is C9H9Cl3NO2STe. The van der Waals surface area contributed by atoms with Crippen molar-refractivity contribution in [2.45, 2.75) is 0 Å². The van der Waals surface area contributed by atoms with Crippen molar-refractivity contribution >= 4 is 67.0 Å². The monoisotopic (exact) mass is 430 g/mol. The van der Waals surface area contributed by atoms with Gasteiger partial charge in [0.15, 0.2) is 0 Å². The summed E-state index contributed by atoms with van der Waals surface area (Å²) in [5, 5.41) is 0.378. The van der Waals surface area contributed by atoms with E-state index in [2.05, 4.69) is 4.99 Å². The fourth-order valence-corrected chi connectivity index (χ4v) is 10.7. The molecule has 0 atom stereocenters. The summed E-state index contributed by atoms with van der Waals surface area (Å²) in [4.78, 5) is 4.29. The van der Waals surface area contributed by atoms with Gasteiger partial charge in [-0.05, 0) is 0 Å². The molecule has 0 amide bonds. The zero-order chi connectivity index (χ0) is 12.7. The van der Waals surface area contributed by atoms with E-state index in [1.54, 1.807) is 25.3 Å². The second-order valence-corrected chi connectivity index (χ2v) is 24.6. The summed E-state index contributed by atoms with van der Waals surface area (Å²) in [6.45, 7) is 0. The van der Waals surface area contributed by atoms with E-state index in [-0.39, 0.29) is 0 Å². The molecule has 17 heavy (non-hydrogen) atoms. The molecule has 1 heterocycles. The molecule has 3 nitrogen and oxygen atoms in total. The first kappa shape index (κ1) is 13.9. The Bertz CT molecular complexity index is 501. The first-order valence-electron chi connectivity index (χ1n) is 4.45. The van der Waals surface area contributed by atoms with Crippen LogP contribution in [-0.2, 0) is 3.10 Å². The first-order valence-corrected chi connectivity index (χ1v) is 16.6. The molecule has 0 unspecified atom stereocenters. The Morgan fingerprint density at radius 2 is 2.06 bits per heavy atom. The van der Waals surface area contributed by atoms with Crippen LogP contribution < -0.4 is 8.35 Å². The van der Waals surface area contributed by atoms with Gasteiger partial charge in [-0.3, -0.25) is 0 Å². The van der Waals surface area contributed by atoms with Crippen LogP contribution in [0, 0.1) is 0 Å². The van der Waals surface area contributed by atoms with Crippen LogP contribution in [0.25, 0.3) is 0 Å². The molecule has 0 saturated heterocycles. The van der Waals surface area contributed by atoms with E-state index in [9.17, 15) is 0 Å². The van der Waals surface area contributed by atoms with Gasteiger partial charge in [-0.25, -0.2) is 0 Å². The molecule has 1 radical (unpaired) electrons. The molecule has 1 aliphatic rings. The van der Waals surface area contributed by atoms with Gasteiger partial charge in [0.2, 0.25) is 0 Å². The van der Waals surface area contributed by atoms with Gasteiger partial charge in [0, 0.05) is 0 Å². The molecule has 0 fully saturated rings. The van der Waals surface area contributed by atoms with Crippen LogP contribution in [-0.4, -0.2) is 32.5 Å². The number of fused-ring (bicyclic) bond motifs is 1. The molecule has 0 aromatic heterocycles. The molecular weight excluding hydrogens is 420 g/mol. The van der Waals surface area contributed by atoms with E-state index in [4.69, 9.17) is 34.7 Å². The molecule has 1 aromatic carbocycles. The van der Waals surface area contributed by atoms with Crippen LogP contribution in [0.1, 0.15) is 0 Å². The van der Waals surface area contributed by atoms with E-state index in [1.807, 2.05) is 6.26 Å². The third-order valence-corrected chi connectivity index (χ3v) is 11.7. The van der Waals surface area contributed by atoms with E-state index >= 15 is 0 Å². The zero-order valence-corrected chi connectivity index (χ0v) is 14.4. The summed E-state index contributed by atoms with van der Waals surface area (Å²) >= 11 is -3.34. The number of nitrogens with zero attached hydrogens (tertiary/aromatic N) is 1. The van der Waals surface area contributed by atoms with Gasteiger partial charge in [-0.1, -0.05) is 0 Å². The number of hydrogen-bond acceptors (Lipinski definition) is 4. The number of ether oxygens (including phenoxy) is 1. The fourth-order valence-electron chi connectivity index (χ4n) is 1.34. The molecule has 0 aliphatic carbocycles. The molecule has 8 heteroatoms. The molecule has 2 rings (SSSR count). The van der Waals surface area contributed by atoms with Crippen molar-refractivity contribution in [1.29, 1.82) is 0 Å². The SMILES string of the molecule is COc1ccc2c(c1)N=C(SC)O[Te]2(Cl)(Cl)Cl. The van der Waals surface area contributed by atoms with Gasteiger partial charge in [0.25, 0.3) is 0 Å². The maximum absolute atomic E-state index is 6.29. The Morgan fingerprint density at radius 3 is 2.65 bits per heavy atom. The van der Waals surface area contributed by atoms with Gasteiger partial charge in [-0.2, -0.15) is 0 Å². The van der Waals surface area contributed by atoms with Gasteiger partial charge < -0.3 is 0 Å². The summed E-state index contributed by atoms with van der Waals surface area (Å²) in [6.07, 6.45) is 1.82. The number of rotatable bonds is 1. The minimum absolute atomic E-state index is 0.378. The number of benzene rings is 1. The quantitative estimate of drug-likeness (QED) is 0.642. The predicted octanol–water partition coefficient (Wildman–Crippen LogP) is 3.39. The number of hydrogen-bond donors (Lipinski definition) is 0. The Balaban J connectivity index is 2.64. The summed E-state index contributed by atoms with van der Waals surface area (Å²) < 4.78 is 11.2. The summed E-state index contributed by atoms with van der Waals surface area (Å²) in [5.41, 5.74) is 0.609. The van der Waals surface area contributed by atoms with Crippen LogP contribution in [0.5, 0.6) is 5.75 Å². The van der Waals surface area contributed by atoms with Crippen molar-refractivity contribution in [1.82, 2.24) is 0 Å². The van der Waals surface area contributed by atoms with Crippen LogP contribution in [0.2, 0.25) is 0 Å². The van der Waals surface area contributed by atoms with Crippen molar-refractivity contribution in [3.05, 3.63) is 18.2 Å². The van der Waals surface area contributed by atoms with Crippen LogP contribution in [0.15, 0.2) is 23.2 Å². The third kappa shape index (κ3) is 2.75. The van der Waals surface area contributed by atoms with Crippen molar-refractivity contribution in [2.75, 3.05) is 13.4 Å². The van der Waals surface area contributed by atoms with Crippen LogP contribution in [0.3, 0.4) is 0 Å². The van der Waals surface area contributed by atoms with Gasteiger partial charge in [0.1, 0.15) is 0 Å². The van der Waals surface area contributed by atoms with Gasteiger partial charge >= 0.3 is 117 Å². The van der Waals surface area contributed by atoms with Crippen molar-refractivity contribution in [2.24, 2.45) is 4.99 Å². The number of halogens is 3. The second-order valence-electron chi connectivity index (χ2n) is 3.18.